The molecule has 1 saturated heterocycles. The lowest BCUT2D eigenvalue weighted by Gasteiger charge is -2.24. The minimum Gasteiger partial charge on any atom is -0.362 e. The van der Waals surface area contributed by atoms with Crippen molar-refractivity contribution in [3.05, 3.63) is 0 Å². The molecule has 2 aliphatic heterocycles. The molecular formula is C11H19N3O. The van der Waals surface area contributed by atoms with Crippen LogP contribution in [0.1, 0.15) is 38.5 Å². The minimum absolute atomic E-state index is 0.0457. The maximum atomic E-state index is 11.5. The lowest BCUT2D eigenvalue weighted by Crippen LogP contribution is -2.50. The molecule has 1 unspecified atom stereocenters. The van der Waals surface area contributed by atoms with Gasteiger partial charge in [-0.2, -0.15) is 0 Å². The van der Waals surface area contributed by atoms with Gasteiger partial charge < -0.3 is 10.6 Å². The number of hydrogen-bond donors (Lipinski definition) is 2. The third-order valence-corrected chi connectivity index (χ3v) is 3.00. The Hall–Kier alpha value is -1.06. The first-order chi connectivity index (χ1) is 7.36. The predicted molar refractivity (Wildman–Crippen MR) is 59.9 cm³/mol. The highest BCUT2D eigenvalue weighted by molar-refractivity contribution is 5.90. The van der Waals surface area contributed by atoms with Crippen molar-refractivity contribution in [1.82, 2.24) is 10.6 Å². The smallest absolute Gasteiger partial charge is 0.242 e. The molecular weight excluding hydrogens is 190 g/mol. The number of hydrogen-bond acceptors (Lipinski definition) is 3. The molecule has 0 spiro atoms. The third kappa shape index (κ3) is 2.94. The van der Waals surface area contributed by atoms with Crippen LogP contribution < -0.4 is 10.6 Å². The van der Waals surface area contributed by atoms with Crippen LogP contribution in [-0.4, -0.2) is 30.9 Å². The molecule has 0 aromatic rings. The van der Waals surface area contributed by atoms with E-state index in [1.54, 1.807) is 0 Å². The zero-order chi connectivity index (χ0) is 10.5. The van der Waals surface area contributed by atoms with E-state index in [2.05, 4.69) is 15.6 Å². The molecule has 0 saturated carbocycles. The summed E-state index contributed by atoms with van der Waals surface area (Å²) in [5.41, 5.74) is 0. The number of rotatable bonds is 1. The van der Waals surface area contributed by atoms with Gasteiger partial charge in [-0.05, 0) is 25.7 Å². The van der Waals surface area contributed by atoms with Gasteiger partial charge in [-0.3, -0.25) is 9.79 Å². The second kappa shape index (κ2) is 5.14. The van der Waals surface area contributed by atoms with Gasteiger partial charge in [0.25, 0.3) is 0 Å². The number of amidine groups is 1. The van der Waals surface area contributed by atoms with Crippen molar-refractivity contribution in [2.24, 2.45) is 4.99 Å². The number of piperidine rings is 1. The number of aliphatic imine (C=N–C) groups is 1. The van der Waals surface area contributed by atoms with E-state index in [-0.39, 0.29) is 11.9 Å². The predicted octanol–water partition coefficient (Wildman–Crippen LogP) is 0.827. The van der Waals surface area contributed by atoms with Crippen LogP contribution in [0, 0.1) is 0 Å². The van der Waals surface area contributed by atoms with Gasteiger partial charge in [-0.25, -0.2) is 0 Å². The zero-order valence-corrected chi connectivity index (χ0v) is 9.09. The average Bonchev–Trinajstić information content (AvgIpc) is 2.50. The summed E-state index contributed by atoms with van der Waals surface area (Å²) in [6.07, 6.45) is 6.64. The zero-order valence-electron chi connectivity index (χ0n) is 9.09. The summed E-state index contributed by atoms with van der Waals surface area (Å²) in [6, 6.07) is -0.0457. The maximum Gasteiger partial charge on any atom is 0.242 e. The largest absolute Gasteiger partial charge is 0.362 e. The van der Waals surface area contributed by atoms with Gasteiger partial charge in [-0.15, -0.1) is 0 Å². The van der Waals surface area contributed by atoms with Gasteiger partial charge in [0, 0.05) is 19.5 Å². The van der Waals surface area contributed by atoms with Crippen molar-refractivity contribution >= 4 is 11.7 Å². The highest BCUT2D eigenvalue weighted by Crippen LogP contribution is 2.09. The summed E-state index contributed by atoms with van der Waals surface area (Å²) in [4.78, 5) is 16.0. The van der Waals surface area contributed by atoms with Crippen LogP contribution in [0.25, 0.3) is 0 Å². The van der Waals surface area contributed by atoms with E-state index in [1.165, 1.54) is 19.3 Å². The fourth-order valence-corrected chi connectivity index (χ4v) is 2.10. The summed E-state index contributed by atoms with van der Waals surface area (Å²) < 4.78 is 0. The SMILES string of the molecule is O=C1NCCCC1NC1=NCCCCC1. The van der Waals surface area contributed by atoms with Gasteiger partial charge in [-0.1, -0.05) is 6.42 Å². The quantitative estimate of drug-likeness (QED) is 0.672. The van der Waals surface area contributed by atoms with E-state index in [0.29, 0.717) is 0 Å². The lowest BCUT2D eigenvalue weighted by atomic mass is 10.1. The van der Waals surface area contributed by atoms with E-state index < -0.39 is 0 Å². The number of amides is 1. The number of carbonyl (C=O) groups excluding carboxylic acids is 1. The molecule has 4 heteroatoms. The van der Waals surface area contributed by atoms with Crippen molar-refractivity contribution in [2.75, 3.05) is 13.1 Å². The van der Waals surface area contributed by atoms with Crippen molar-refractivity contribution in [2.45, 2.75) is 44.6 Å². The molecule has 2 rings (SSSR count). The van der Waals surface area contributed by atoms with Crippen molar-refractivity contribution < 1.29 is 4.79 Å². The Kier molecular flexibility index (Phi) is 3.59. The molecule has 0 aromatic carbocycles. The van der Waals surface area contributed by atoms with Crippen molar-refractivity contribution in [3.63, 3.8) is 0 Å². The second-order valence-corrected chi connectivity index (χ2v) is 4.27. The normalized spacial score (nSPS) is 27.6. The summed E-state index contributed by atoms with van der Waals surface area (Å²) in [6.45, 7) is 1.74. The lowest BCUT2D eigenvalue weighted by molar-refractivity contribution is -0.124. The minimum atomic E-state index is -0.0457. The van der Waals surface area contributed by atoms with Crippen LogP contribution >= 0.6 is 0 Å². The molecule has 0 bridgehead atoms. The molecule has 4 nitrogen and oxygen atoms in total. The van der Waals surface area contributed by atoms with Gasteiger partial charge in [0.2, 0.25) is 5.91 Å². The Morgan fingerprint density at radius 1 is 1.27 bits per heavy atom. The highest BCUT2D eigenvalue weighted by Gasteiger charge is 2.22. The third-order valence-electron chi connectivity index (χ3n) is 3.00. The summed E-state index contributed by atoms with van der Waals surface area (Å²) in [5, 5.41) is 6.17. The first kappa shape index (κ1) is 10.5. The monoisotopic (exact) mass is 209 g/mol. The van der Waals surface area contributed by atoms with Crippen LogP contribution in [0.2, 0.25) is 0 Å². The Labute approximate surface area is 90.5 Å². The van der Waals surface area contributed by atoms with E-state index in [9.17, 15) is 4.79 Å². The Morgan fingerprint density at radius 3 is 3.07 bits per heavy atom. The fraction of sp³-hybridized carbons (Fsp3) is 0.818. The molecule has 1 fully saturated rings. The standard InChI is InChI=1S/C11H19N3O/c15-11-9(5-4-8-13-11)14-10-6-2-1-3-7-12-10/h9H,1-8H2,(H,12,14)(H,13,15). The van der Waals surface area contributed by atoms with Gasteiger partial charge in [0.05, 0.1) is 5.84 Å². The summed E-state index contributed by atoms with van der Waals surface area (Å²) in [7, 11) is 0. The van der Waals surface area contributed by atoms with Crippen molar-refractivity contribution in [1.29, 1.82) is 0 Å². The number of nitrogens with zero attached hydrogens (tertiary/aromatic N) is 1. The molecule has 0 aliphatic carbocycles. The van der Waals surface area contributed by atoms with Crippen LogP contribution in [0.15, 0.2) is 4.99 Å². The molecule has 15 heavy (non-hydrogen) atoms. The first-order valence-corrected chi connectivity index (χ1v) is 5.94. The van der Waals surface area contributed by atoms with Crippen LogP contribution in [-0.2, 0) is 4.79 Å². The van der Waals surface area contributed by atoms with E-state index in [4.69, 9.17) is 0 Å². The molecule has 0 radical (unpaired) electrons. The molecule has 0 aromatic heterocycles. The molecule has 84 valence electrons. The van der Waals surface area contributed by atoms with E-state index in [0.717, 1.165) is 38.2 Å². The van der Waals surface area contributed by atoms with Crippen LogP contribution in [0.5, 0.6) is 0 Å². The van der Waals surface area contributed by atoms with E-state index in [1.807, 2.05) is 0 Å². The van der Waals surface area contributed by atoms with Crippen molar-refractivity contribution in [3.8, 4) is 0 Å². The van der Waals surface area contributed by atoms with E-state index >= 15 is 0 Å². The van der Waals surface area contributed by atoms with Gasteiger partial charge in [0.1, 0.15) is 6.04 Å². The Bertz CT molecular complexity index is 263. The number of carbonyl (C=O) groups is 1. The van der Waals surface area contributed by atoms with Crippen LogP contribution in [0.3, 0.4) is 0 Å². The summed E-state index contributed by atoms with van der Waals surface area (Å²) in [5.74, 6) is 1.17. The number of nitrogens with one attached hydrogen (secondary N) is 2. The average molecular weight is 209 g/mol. The second-order valence-electron chi connectivity index (χ2n) is 4.27. The highest BCUT2D eigenvalue weighted by atomic mass is 16.2. The molecule has 2 N–H and O–H groups in total. The molecule has 1 atom stereocenters. The molecule has 1 amide bonds. The molecule has 2 heterocycles. The molecule has 2 aliphatic rings. The fourth-order valence-electron chi connectivity index (χ4n) is 2.10. The van der Waals surface area contributed by atoms with Gasteiger partial charge >= 0.3 is 0 Å². The summed E-state index contributed by atoms with van der Waals surface area (Å²) >= 11 is 0. The first-order valence-electron chi connectivity index (χ1n) is 5.94. The Balaban J connectivity index is 1.88. The maximum absolute atomic E-state index is 11.5. The Morgan fingerprint density at radius 2 is 2.20 bits per heavy atom. The van der Waals surface area contributed by atoms with Crippen LogP contribution in [0.4, 0.5) is 0 Å². The van der Waals surface area contributed by atoms with Gasteiger partial charge in [0.15, 0.2) is 0 Å². The topological polar surface area (TPSA) is 53.5 Å².